The number of hydrogen-bond donors (Lipinski definition) is 0. The fourth-order valence-corrected chi connectivity index (χ4v) is 1.03. The van der Waals surface area contributed by atoms with Crippen LogP contribution in [0.3, 0.4) is 0 Å². The second-order valence-corrected chi connectivity index (χ2v) is 3.43. The van der Waals surface area contributed by atoms with Crippen LogP contribution in [-0.4, -0.2) is 35.3 Å². The van der Waals surface area contributed by atoms with Crippen LogP contribution in [0.1, 0.15) is 5.69 Å². The van der Waals surface area contributed by atoms with Gasteiger partial charge >= 0.3 is 6.18 Å². The van der Waals surface area contributed by atoms with Crippen LogP contribution in [0, 0.1) is 0 Å². The van der Waals surface area contributed by atoms with E-state index in [9.17, 15) is 13.2 Å². The lowest BCUT2D eigenvalue weighted by molar-refractivity contribution is -0.141. The fourth-order valence-electron chi connectivity index (χ4n) is 0.785. The van der Waals surface area contributed by atoms with Gasteiger partial charge in [0.2, 0.25) is 0 Å². The Labute approximate surface area is 94.8 Å². The van der Waals surface area contributed by atoms with Crippen LogP contribution >= 0.6 is 11.6 Å². The number of hydrogen-bond acceptors (Lipinski definition) is 3. The summed E-state index contributed by atoms with van der Waals surface area (Å²) in [5.74, 6) is 0.0201. The van der Waals surface area contributed by atoms with Gasteiger partial charge < -0.3 is 4.90 Å². The Bertz CT molecular complexity index is 403. The van der Waals surface area contributed by atoms with Crippen molar-refractivity contribution in [2.45, 2.75) is 6.18 Å². The zero-order valence-electron chi connectivity index (χ0n) is 8.46. The van der Waals surface area contributed by atoms with Crippen molar-refractivity contribution in [3.05, 3.63) is 17.0 Å². The van der Waals surface area contributed by atoms with E-state index in [1.807, 2.05) is 0 Å². The lowest BCUT2D eigenvalue weighted by Gasteiger charge is -2.07. The molecule has 0 radical (unpaired) electrons. The minimum Gasteiger partial charge on any atom is -0.369 e. The average molecular weight is 253 g/mol. The van der Waals surface area contributed by atoms with E-state index in [0.717, 1.165) is 6.20 Å². The van der Waals surface area contributed by atoms with Gasteiger partial charge in [-0.1, -0.05) is 11.6 Å². The fraction of sp³-hybridized carbons (Fsp3) is 0.375. The minimum atomic E-state index is -4.60. The molecule has 1 rings (SSSR count). The van der Waals surface area contributed by atoms with Crippen molar-refractivity contribution in [3.63, 3.8) is 0 Å². The second kappa shape index (κ2) is 4.65. The predicted octanol–water partition coefficient (Wildman–Crippen LogP) is 2.37. The van der Waals surface area contributed by atoms with Crippen molar-refractivity contribution < 1.29 is 13.2 Å². The number of halogens is 4. The first-order valence-corrected chi connectivity index (χ1v) is 4.49. The van der Waals surface area contributed by atoms with Gasteiger partial charge in [-0.2, -0.15) is 13.2 Å². The number of rotatable bonds is 2. The summed E-state index contributed by atoms with van der Waals surface area (Å²) in [6.07, 6.45) is -2.31. The molecule has 1 aromatic heterocycles. The number of aliphatic imine (C=N–C) groups is 1. The summed E-state index contributed by atoms with van der Waals surface area (Å²) in [4.78, 5) is 12.0. The van der Waals surface area contributed by atoms with Gasteiger partial charge in [-0.05, 0) is 0 Å². The SMILES string of the molecule is CN(C)/C=N\c1cnc(C(F)(F)F)c(Cl)n1. The van der Waals surface area contributed by atoms with Crippen molar-refractivity contribution in [1.82, 2.24) is 14.9 Å². The highest BCUT2D eigenvalue weighted by atomic mass is 35.5. The van der Waals surface area contributed by atoms with E-state index in [0.29, 0.717) is 0 Å². The lowest BCUT2D eigenvalue weighted by Crippen LogP contribution is -2.10. The second-order valence-electron chi connectivity index (χ2n) is 3.07. The van der Waals surface area contributed by atoms with E-state index in [1.165, 1.54) is 6.34 Å². The summed E-state index contributed by atoms with van der Waals surface area (Å²) in [6.45, 7) is 0. The largest absolute Gasteiger partial charge is 0.436 e. The molecule has 0 unspecified atom stereocenters. The highest BCUT2D eigenvalue weighted by Gasteiger charge is 2.36. The number of nitrogens with zero attached hydrogens (tertiary/aromatic N) is 4. The molecule has 88 valence electrons. The molecule has 0 N–H and O–H groups in total. The molecule has 16 heavy (non-hydrogen) atoms. The summed E-state index contributed by atoms with van der Waals surface area (Å²) in [6, 6.07) is 0. The summed E-state index contributed by atoms with van der Waals surface area (Å²) >= 11 is 5.35. The first-order chi connectivity index (χ1) is 7.30. The van der Waals surface area contributed by atoms with Crippen molar-refractivity contribution in [3.8, 4) is 0 Å². The van der Waals surface area contributed by atoms with Crippen LogP contribution < -0.4 is 0 Å². The van der Waals surface area contributed by atoms with E-state index in [4.69, 9.17) is 11.6 Å². The monoisotopic (exact) mass is 252 g/mol. The summed E-state index contributed by atoms with van der Waals surface area (Å²) in [7, 11) is 3.42. The van der Waals surface area contributed by atoms with Crippen LogP contribution in [-0.2, 0) is 6.18 Å². The zero-order valence-corrected chi connectivity index (χ0v) is 9.21. The van der Waals surface area contributed by atoms with Gasteiger partial charge in [0, 0.05) is 14.1 Å². The maximum Gasteiger partial charge on any atom is 0.436 e. The van der Waals surface area contributed by atoms with Crippen LogP contribution in [0.2, 0.25) is 5.15 Å². The smallest absolute Gasteiger partial charge is 0.369 e. The molecular formula is C8H8ClF3N4. The molecule has 0 aliphatic heterocycles. The van der Waals surface area contributed by atoms with Crippen molar-refractivity contribution in [2.75, 3.05) is 14.1 Å². The van der Waals surface area contributed by atoms with Gasteiger partial charge in [-0.3, -0.25) is 0 Å². The Hall–Kier alpha value is -1.37. The third kappa shape index (κ3) is 3.34. The minimum absolute atomic E-state index is 0.0201. The standard InChI is InChI=1S/C8H8ClF3N4/c1-16(2)4-14-5-3-13-6(7(9)15-5)8(10,11)12/h3-4H,1-2H3/b14-4-. The van der Waals surface area contributed by atoms with E-state index in [1.54, 1.807) is 19.0 Å². The molecule has 0 aliphatic rings. The molecule has 0 spiro atoms. The highest BCUT2D eigenvalue weighted by molar-refractivity contribution is 6.30. The molecule has 0 bridgehead atoms. The normalized spacial score (nSPS) is 12.1. The van der Waals surface area contributed by atoms with Gasteiger partial charge in [0.15, 0.2) is 16.7 Å². The van der Waals surface area contributed by atoms with Gasteiger partial charge in [0.05, 0.1) is 12.5 Å². The Morgan fingerprint density at radius 1 is 1.44 bits per heavy atom. The maximum atomic E-state index is 12.3. The molecule has 0 fully saturated rings. The van der Waals surface area contributed by atoms with Gasteiger partial charge in [-0.25, -0.2) is 15.0 Å². The predicted molar refractivity (Wildman–Crippen MR) is 53.9 cm³/mol. The maximum absolute atomic E-state index is 12.3. The number of aromatic nitrogens is 2. The molecule has 0 amide bonds. The van der Waals surface area contributed by atoms with E-state index < -0.39 is 17.0 Å². The number of alkyl halides is 3. The summed E-state index contributed by atoms with van der Waals surface area (Å²) < 4.78 is 36.8. The van der Waals surface area contributed by atoms with Gasteiger partial charge in [0.1, 0.15) is 0 Å². The van der Waals surface area contributed by atoms with Gasteiger partial charge in [-0.15, -0.1) is 0 Å². The summed E-state index contributed by atoms with van der Waals surface area (Å²) in [5, 5.41) is -0.707. The molecule has 0 aliphatic carbocycles. The molecule has 4 nitrogen and oxygen atoms in total. The van der Waals surface area contributed by atoms with E-state index in [2.05, 4.69) is 15.0 Å². The van der Waals surface area contributed by atoms with Crippen LogP contribution in [0.25, 0.3) is 0 Å². The molecular weight excluding hydrogens is 245 g/mol. The Morgan fingerprint density at radius 2 is 2.06 bits per heavy atom. The Kier molecular flexibility index (Phi) is 3.69. The molecule has 0 saturated heterocycles. The first kappa shape index (κ1) is 12.7. The highest BCUT2D eigenvalue weighted by Crippen LogP contribution is 2.32. The molecule has 0 atom stereocenters. The Morgan fingerprint density at radius 3 is 2.50 bits per heavy atom. The molecule has 0 saturated carbocycles. The third-order valence-corrected chi connectivity index (χ3v) is 1.67. The van der Waals surface area contributed by atoms with Crippen molar-refractivity contribution >= 4 is 23.8 Å². The quantitative estimate of drug-likeness (QED) is 0.599. The topological polar surface area (TPSA) is 41.4 Å². The van der Waals surface area contributed by atoms with Crippen molar-refractivity contribution in [1.29, 1.82) is 0 Å². The summed E-state index contributed by atoms with van der Waals surface area (Å²) in [5.41, 5.74) is -1.21. The molecule has 0 aromatic carbocycles. The van der Waals surface area contributed by atoms with Crippen LogP contribution in [0.5, 0.6) is 0 Å². The third-order valence-electron chi connectivity index (χ3n) is 1.41. The van der Waals surface area contributed by atoms with Crippen LogP contribution in [0.4, 0.5) is 19.0 Å². The average Bonchev–Trinajstić information content (AvgIpc) is 2.12. The van der Waals surface area contributed by atoms with E-state index in [-0.39, 0.29) is 5.82 Å². The molecule has 8 heteroatoms. The van der Waals surface area contributed by atoms with Crippen LogP contribution in [0.15, 0.2) is 11.2 Å². The molecule has 1 aromatic rings. The first-order valence-electron chi connectivity index (χ1n) is 4.11. The van der Waals surface area contributed by atoms with Gasteiger partial charge in [0.25, 0.3) is 0 Å². The molecule has 1 heterocycles. The lowest BCUT2D eigenvalue weighted by atomic mass is 10.4. The zero-order chi connectivity index (χ0) is 12.3. The van der Waals surface area contributed by atoms with E-state index >= 15 is 0 Å². The van der Waals surface area contributed by atoms with Crippen molar-refractivity contribution in [2.24, 2.45) is 4.99 Å². The Balaban J connectivity index is 3.00.